The summed E-state index contributed by atoms with van der Waals surface area (Å²) in [6.45, 7) is 5.44. The number of aromatic nitrogens is 2. The van der Waals surface area contributed by atoms with Gasteiger partial charge in [-0.25, -0.2) is 0 Å². The fourth-order valence-corrected chi connectivity index (χ4v) is 5.18. The first kappa shape index (κ1) is 22.6. The summed E-state index contributed by atoms with van der Waals surface area (Å²) in [4.78, 5) is 9.19. The highest BCUT2D eigenvalue weighted by Gasteiger charge is 2.10. The van der Waals surface area contributed by atoms with Gasteiger partial charge < -0.3 is 26.0 Å². The van der Waals surface area contributed by atoms with E-state index in [1.807, 2.05) is 12.3 Å². The molecule has 6 nitrogen and oxygen atoms in total. The molecule has 174 valence electrons. The molecule has 3 aromatic heterocycles. The quantitative estimate of drug-likeness (QED) is 0.182. The van der Waals surface area contributed by atoms with Crippen molar-refractivity contribution >= 4 is 43.8 Å². The van der Waals surface area contributed by atoms with E-state index in [0.717, 1.165) is 46.7 Å². The van der Waals surface area contributed by atoms with Crippen molar-refractivity contribution in [2.24, 2.45) is 0 Å². The fraction of sp³-hybridized carbons (Fsp3) is 0.222. The molecule has 34 heavy (non-hydrogen) atoms. The zero-order chi connectivity index (χ0) is 23.3. The van der Waals surface area contributed by atoms with Gasteiger partial charge in [-0.1, -0.05) is 24.3 Å². The maximum atomic E-state index is 8.79. The predicted molar refractivity (Wildman–Crippen MR) is 143 cm³/mol. The number of aromatic amines is 1. The van der Waals surface area contributed by atoms with Gasteiger partial charge in [-0.3, -0.25) is 4.98 Å². The van der Waals surface area contributed by atoms with E-state index >= 15 is 0 Å². The molecule has 0 spiro atoms. The fourth-order valence-electron chi connectivity index (χ4n) is 4.09. The Balaban J connectivity index is 1.30. The molecule has 3 heterocycles. The molecule has 2 aromatic carbocycles. The second-order valence-electron chi connectivity index (χ2n) is 8.41. The zero-order valence-corrected chi connectivity index (χ0v) is 20.0. The van der Waals surface area contributed by atoms with Crippen LogP contribution in [0.5, 0.6) is 0 Å². The second-order valence-corrected chi connectivity index (χ2v) is 9.46. The Morgan fingerprint density at radius 3 is 2.65 bits per heavy atom. The summed E-state index contributed by atoms with van der Waals surface area (Å²) >= 11 is 1.76. The number of aliphatic hydroxyl groups excluding tert-OH is 1. The first-order valence-electron chi connectivity index (χ1n) is 11.6. The standard InChI is InChI=1S/C27H29N5OS/c1-18-14-21-15-22(6-7-23(21)31-18)32-24-8-9-30-25-16-26(34-27(24)25)20-4-2-19(3-5-20)17-29-11-10-28-12-13-33/h2-9,14-16,28-29,31,33H,10-13,17H2,1H3,(H,30,32). The Labute approximate surface area is 203 Å². The third kappa shape index (κ3) is 5.13. The maximum Gasteiger partial charge on any atom is 0.0837 e. The highest BCUT2D eigenvalue weighted by molar-refractivity contribution is 7.22. The molecule has 5 rings (SSSR count). The lowest BCUT2D eigenvalue weighted by molar-refractivity contribution is 0.292. The van der Waals surface area contributed by atoms with Crippen molar-refractivity contribution < 1.29 is 5.11 Å². The van der Waals surface area contributed by atoms with E-state index in [2.05, 4.69) is 87.4 Å². The molecule has 5 aromatic rings. The molecule has 0 saturated carbocycles. The molecule has 7 heteroatoms. The molecule has 0 fully saturated rings. The number of aliphatic hydroxyl groups is 1. The van der Waals surface area contributed by atoms with Crippen LogP contribution in [0, 0.1) is 6.92 Å². The lowest BCUT2D eigenvalue weighted by Gasteiger charge is -2.07. The van der Waals surface area contributed by atoms with Crippen LogP contribution in [0.4, 0.5) is 11.4 Å². The summed E-state index contributed by atoms with van der Waals surface area (Å²) in [7, 11) is 0. The first-order chi connectivity index (χ1) is 16.7. The number of thiophene rings is 1. The number of pyridine rings is 1. The van der Waals surface area contributed by atoms with Gasteiger partial charge in [-0.2, -0.15) is 0 Å². The number of fused-ring (bicyclic) bond motifs is 2. The summed E-state index contributed by atoms with van der Waals surface area (Å²) in [6.07, 6.45) is 1.87. The highest BCUT2D eigenvalue weighted by Crippen LogP contribution is 2.37. The number of benzene rings is 2. The minimum atomic E-state index is 0.176. The number of hydrogen-bond donors (Lipinski definition) is 5. The van der Waals surface area contributed by atoms with Crippen molar-refractivity contribution in [3.05, 3.63) is 78.1 Å². The van der Waals surface area contributed by atoms with E-state index in [1.54, 1.807) is 11.3 Å². The van der Waals surface area contributed by atoms with Crippen LogP contribution in [-0.4, -0.2) is 41.3 Å². The van der Waals surface area contributed by atoms with E-state index in [4.69, 9.17) is 5.11 Å². The average molecular weight is 472 g/mol. The molecule has 0 atom stereocenters. The summed E-state index contributed by atoms with van der Waals surface area (Å²) in [5.74, 6) is 0. The Kier molecular flexibility index (Phi) is 6.87. The van der Waals surface area contributed by atoms with Crippen LogP contribution in [0.2, 0.25) is 0 Å². The van der Waals surface area contributed by atoms with Crippen LogP contribution >= 0.6 is 11.3 Å². The summed E-state index contributed by atoms with van der Waals surface area (Å²) in [5, 5.41) is 20.2. The monoisotopic (exact) mass is 471 g/mol. The largest absolute Gasteiger partial charge is 0.395 e. The second kappa shape index (κ2) is 10.4. The van der Waals surface area contributed by atoms with Crippen molar-refractivity contribution in [1.29, 1.82) is 0 Å². The van der Waals surface area contributed by atoms with Crippen LogP contribution in [0.1, 0.15) is 11.3 Å². The summed E-state index contributed by atoms with van der Waals surface area (Å²) in [5.41, 5.74) is 7.91. The molecule has 0 aliphatic rings. The van der Waals surface area contributed by atoms with E-state index < -0.39 is 0 Å². The number of hydrogen-bond acceptors (Lipinski definition) is 6. The average Bonchev–Trinajstić information content (AvgIpc) is 3.45. The number of H-pyrrole nitrogens is 1. The van der Waals surface area contributed by atoms with E-state index in [0.29, 0.717) is 6.54 Å². The maximum absolute atomic E-state index is 8.79. The van der Waals surface area contributed by atoms with Gasteiger partial charge >= 0.3 is 0 Å². The van der Waals surface area contributed by atoms with Crippen molar-refractivity contribution in [2.45, 2.75) is 13.5 Å². The van der Waals surface area contributed by atoms with Gasteiger partial charge in [0.15, 0.2) is 0 Å². The molecule has 5 N–H and O–H groups in total. The molecular formula is C27H29N5OS. The number of aryl methyl sites for hydroxylation is 1. The third-order valence-corrected chi connectivity index (χ3v) is 6.99. The molecule has 0 bridgehead atoms. The first-order valence-corrected chi connectivity index (χ1v) is 12.4. The van der Waals surface area contributed by atoms with E-state index in [1.165, 1.54) is 27.1 Å². The van der Waals surface area contributed by atoms with Gasteiger partial charge in [0.05, 0.1) is 22.5 Å². The normalized spacial score (nSPS) is 11.5. The van der Waals surface area contributed by atoms with Gasteiger partial charge in [0.1, 0.15) is 0 Å². The third-order valence-electron chi connectivity index (χ3n) is 5.78. The van der Waals surface area contributed by atoms with Crippen LogP contribution in [0.25, 0.3) is 31.6 Å². The summed E-state index contributed by atoms with van der Waals surface area (Å²) in [6, 6.07) is 21.5. The van der Waals surface area contributed by atoms with Gasteiger partial charge in [0.25, 0.3) is 0 Å². The van der Waals surface area contributed by atoms with E-state index in [-0.39, 0.29) is 6.61 Å². The Morgan fingerprint density at radius 2 is 1.79 bits per heavy atom. The van der Waals surface area contributed by atoms with Crippen molar-refractivity contribution in [3.8, 4) is 10.4 Å². The SMILES string of the molecule is Cc1cc2cc(Nc3ccnc4cc(-c5ccc(CNCCNCCO)cc5)sc34)ccc2[nH]1. The lowest BCUT2D eigenvalue weighted by atomic mass is 10.1. The van der Waals surface area contributed by atoms with Crippen molar-refractivity contribution in [2.75, 3.05) is 31.6 Å². The number of rotatable bonds is 10. The predicted octanol–water partition coefficient (Wildman–Crippen LogP) is 5.17. The molecule has 0 radical (unpaired) electrons. The van der Waals surface area contributed by atoms with Crippen LogP contribution < -0.4 is 16.0 Å². The van der Waals surface area contributed by atoms with Gasteiger partial charge in [0.2, 0.25) is 0 Å². The summed E-state index contributed by atoms with van der Waals surface area (Å²) < 4.78 is 1.16. The Morgan fingerprint density at radius 1 is 0.941 bits per heavy atom. The topological polar surface area (TPSA) is 85.0 Å². The van der Waals surface area contributed by atoms with Crippen LogP contribution in [0.3, 0.4) is 0 Å². The number of anilines is 2. The van der Waals surface area contributed by atoms with Crippen molar-refractivity contribution in [3.63, 3.8) is 0 Å². The molecule has 0 unspecified atom stereocenters. The molecular weight excluding hydrogens is 442 g/mol. The van der Waals surface area contributed by atoms with E-state index in [9.17, 15) is 0 Å². The minimum absolute atomic E-state index is 0.176. The Bertz CT molecular complexity index is 1390. The number of nitrogens with zero attached hydrogens (tertiary/aromatic N) is 1. The van der Waals surface area contributed by atoms with Crippen LogP contribution in [-0.2, 0) is 6.54 Å². The molecule has 0 aliphatic heterocycles. The molecule has 0 aliphatic carbocycles. The van der Waals surface area contributed by atoms with Gasteiger partial charge in [-0.15, -0.1) is 11.3 Å². The molecule has 0 amide bonds. The number of nitrogens with one attached hydrogen (secondary N) is 4. The van der Waals surface area contributed by atoms with Crippen molar-refractivity contribution in [1.82, 2.24) is 20.6 Å². The lowest BCUT2D eigenvalue weighted by Crippen LogP contribution is -2.28. The van der Waals surface area contributed by atoms with Crippen LogP contribution in [0.15, 0.2) is 66.9 Å². The molecule has 0 saturated heterocycles. The van der Waals surface area contributed by atoms with Gasteiger partial charge in [0, 0.05) is 59.5 Å². The van der Waals surface area contributed by atoms with Gasteiger partial charge in [-0.05, 0) is 54.4 Å². The highest BCUT2D eigenvalue weighted by atomic mass is 32.1. The Hall–Kier alpha value is -3.23. The minimum Gasteiger partial charge on any atom is -0.395 e. The zero-order valence-electron chi connectivity index (χ0n) is 19.2. The smallest absolute Gasteiger partial charge is 0.0837 e.